The molecule has 1 rings (SSSR count). The predicted molar refractivity (Wildman–Crippen MR) is 53.2 cm³/mol. The van der Waals surface area contributed by atoms with Gasteiger partial charge in [-0.2, -0.15) is 0 Å². The van der Waals surface area contributed by atoms with Crippen molar-refractivity contribution in [3.8, 4) is 0 Å². The molecule has 0 saturated heterocycles. The largest absolute Gasteiger partial charge is 0.464 e. The highest BCUT2D eigenvalue weighted by molar-refractivity contribution is 6.11. The molecule has 0 spiro atoms. The molecule has 0 aliphatic heterocycles. The third-order valence-corrected chi connectivity index (χ3v) is 1.77. The van der Waals surface area contributed by atoms with Crippen LogP contribution in [0, 0.1) is 0 Å². The molecule has 0 aliphatic rings. The summed E-state index contributed by atoms with van der Waals surface area (Å²) >= 11 is 0. The SMILES string of the molecule is CCOC(=O)[C@H](N)C(=O)c1cccnc1. The van der Waals surface area contributed by atoms with E-state index < -0.39 is 17.8 Å². The van der Waals surface area contributed by atoms with Crippen LogP contribution in [0.25, 0.3) is 0 Å². The van der Waals surface area contributed by atoms with Crippen molar-refractivity contribution in [2.75, 3.05) is 6.61 Å². The zero-order chi connectivity index (χ0) is 11.3. The summed E-state index contributed by atoms with van der Waals surface area (Å²) in [5, 5.41) is 0. The minimum Gasteiger partial charge on any atom is -0.464 e. The van der Waals surface area contributed by atoms with E-state index in [1.165, 1.54) is 12.4 Å². The Labute approximate surface area is 87.3 Å². The van der Waals surface area contributed by atoms with E-state index in [4.69, 9.17) is 5.73 Å². The number of pyridine rings is 1. The van der Waals surface area contributed by atoms with Crippen LogP contribution in [0.5, 0.6) is 0 Å². The average Bonchev–Trinajstić information content (AvgIpc) is 2.28. The summed E-state index contributed by atoms with van der Waals surface area (Å²) in [5.74, 6) is -1.20. The summed E-state index contributed by atoms with van der Waals surface area (Å²) in [6.07, 6.45) is 2.90. The summed E-state index contributed by atoms with van der Waals surface area (Å²) in [4.78, 5) is 26.5. The zero-order valence-corrected chi connectivity index (χ0v) is 8.34. The number of ketones is 1. The minimum absolute atomic E-state index is 0.201. The van der Waals surface area contributed by atoms with Gasteiger partial charge in [-0.05, 0) is 19.1 Å². The summed E-state index contributed by atoms with van der Waals surface area (Å²) in [6.45, 7) is 1.85. The summed E-state index contributed by atoms with van der Waals surface area (Å²) < 4.78 is 4.64. The van der Waals surface area contributed by atoms with Crippen molar-refractivity contribution in [1.29, 1.82) is 0 Å². The number of aromatic nitrogens is 1. The van der Waals surface area contributed by atoms with Gasteiger partial charge in [0.15, 0.2) is 11.8 Å². The molecule has 1 aromatic heterocycles. The van der Waals surface area contributed by atoms with Crippen molar-refractivity contribution in [2.24, 2.45) is 5.73 Å². The molecule has 1 atom stereocenters. The monoisotopic (exact) mass is 208 g/mol. The Morgan fingerprint density at radius 2 is 2.33 bits per heavy atom. The molecular formula is C10H12N2O3. The fraction of sp³-hybridized carbons (Fsp3) is 0.300. The molecule has 0 bridgehead atoms. The van der Waals surface area contributed by atoms with Crippen molar-refractivity contribution in [1.82, 2.24) is 4.98 Å². The lowest BCUT2D eigenvalue weighted by atomic mass is 10.1. The summed E-state index contributed by atoms with van der Waals surface area (Å²) in [6, 6.07) is 1.88. The predicted octanol–water partition coefficient (Wildman–Crippen LogP) is 0.155. The van der Waals surface area contributed by atoms with Crippen LogP contribution in [-0.4, -0.2) is 29.4 Å². The number of hydrogen-bond acceptors (Lipinski definition) is 5. The Morgan fingerprint density at radius 1 is 1.60 bits per heavy atom. The van der Waals surface area contributed by atoms with Crippen molar-refractivity contribution >= 4 is 11.8 Å². The molecule has 0 aromatic carbocycles. The van der Waals surface area contributed by atoms with Gasteiger partial charge in [-0.15, -0.1) is 0 Å². The lowest BCUT2D eigenvalue weighted by Gasteiger charge is -2.08. The van der Waals surface area contributed by atoms with Gasteiger partial charge in [0.25, 0.3) is 0 Å². The molecule has 0 unspecified atom stereocenters. The van der Waals surface area contributed by atoms with Gasteiger partial charge >= 0.3 is 5.97 Å². The third kappa shape index (κ3) is 2.85. The topological polar surface area (TPSA) is 82.3 Å². The lowest BCUT2D eigenvalue weighted by molar-refractivity contribution is -0.143. The molecule has 0 saturated carbocycles. The number of ether oxygens (including phenoxy) is 1. The Balaban J connectivity index is 2.73. The number of rotatable bonds is 4. The highest BCUT2D eigenvalue weighted by Gasteiger charge is 2.24. The van der Waals surface area contributed by atoms with Crippen molar-refractivity contribution in [2.45, 2.75) is 13.0 Å². The van der Waals surface area contributed by atoms with E-state index in [1.807, 2.05) is 0 Å². The second kappa shape index (κ2) is 5.21. The average molecular weight is 208 g/mol. The van der Waals surface area contributed by atoms with Gasteiger partial charge in [-0.25, -0.2) is 4.79 Å². The first-order valence-electron chi connectivity index (χ1n) is 4.53. The van der Waals surface area contributed by atoms with E-state index in [0.717, 1.165) is 0 Å². The van der Waals surface area contributed by atoms with E-state index in [9.17, 15) is 9.59 Å². The van der Waals surface area contributed by atoms with Crippen LogP contribution in [0.3, 0.4) is 0 Å². The van der Waals surface area contributed by atoms with Crippen LogP contribution in [-0.2, 0) is 9.53 Å². The maximum atomic E-state index is 11.6. The molecule has 5 heteroatoms. The van der Waals surface area contributed by atoms with Gasteiger partial charge in [0.2, 0.25) is 0 Å². The fourth-order valence-electron chi connectivity index (χ4n) is 1.03. The molecule has 0 amide bonds. The number of hydrogen-bond donors (Lipinski definition) is 1. The maximum Gasteiger partial charge on any atom is 0.331 e. The van der Waals surface area contributed by atoms with Crippen LogP contribution >= 0.6 is 0 Å². The lowest BCUT2D eigenvalue weighted by Crippen LogP contribution is -2.40. The number of carbonyl (C=O) groups is 2. The number of carbonyl (C=O) groups excluding carboxylic acids is 2. The summed E-state index contributed by atoms with van der Waals surface area (Å²) in [7, 11) is 0. The Kier molecular flexibility index (Phi) is 3.93. The van der Waals surface area contributed by atoms with Crippen LogP contribution in [0.15, 0.2) is 24.5 Å². The van der Waals surface area contributed by atoms with Gasteiger partial charge in [0.1, 0.15) is 0 Å². The third-order valence-electron chi connectivity index (χ3n) is 1.77. The fourth-order valence-corrected chi connectivity index (χ4v) is 1.03. The first kappa shape index (κ1) is 11.3. The number of nitrogens with two attached hydrogens (primary N) is 1. The van der Waals surface area contributed by atoms with E-state index in [-0.39, 0.29) is 6.61 Å². The molecule has 0 aliphatic carbocycles. The maximum absolute atomic E-state index is 11.6. The van der Waals surface area contributed by atoms with Crippen molar-refractivity contribution < 1.29 is 14.3 Å². The molecular weight excluding hydrogens is 196 g/mol. The van der Waals surface area contributed by atoms with E-state index in [2.05, 4.69) is 9.72 Å². The van der Waals surface area contributed by atoms with Crippen molar-refractivity contribution in [3.63, 3.8) is 0 Å². The van der Waals surface area contributed by atoms with Gasteiger partial charge in [0, 0.05) is 18.0 Å². The smallest absolute Gasteiger partial charge is 0.331 e. The standard InChI is InChI=1S/C10H12N2O3/c1-2-15-10(14)8(11)9(13)7-4-3-5-12-6-7/h3-6,8H,2,11H2,1H3/t8-/m1/s1. The van der Waals surface area contributed by atoms with E-state index in [1.54, 1.807) is 19.1 Å². The van der Waals surface area contributed by atoms with E-state index in [0.29, 0.717) is 5.56 Å². The molecule has 2 N–H and O–H groups in total. The second-order valence-electron chi connectivity index (χ2n) is 2.84. The van der Waals surface area contributed by atoms with Gasteiger partial charge < -0.3 is 10.5 Å². The highest BCUT2D eigenvalue weighted by Crippen LogP contribution is 2.01. The first-order valence-corrected chi connectivity index (χ1v) is 4.53. The summed E-state index contributed by atoms with van der Waals surface area (Å²) in [5.41, 5.74) is 5.73. The Hall–Kier alpha value is -1.75. The molecule has 1 heterocycles. The van der Waals surface area contributed by atoms with Gasteiger partial charge in [-0.3, -0.25) is 9.78 Å². The van der Waals surface area contributed by atoms with Gasteiger partial charge in [0.05, 0.1) is 6.61 Å². The quantitative estimate of drug-likeness (QED) is 0.433. The van der Waals surface area contributed by atoms with Crippen LogP contribution < -0.4 is 5.73 Å². The number of nitrogens with zero attached hydrogens (tertiary/aromatic N) is 1. The minimum atomic E-state index is -1.27. The second-order valence-corrected chi connectivity index (χ2v) is 2.84. The van der Waals surface area contributed by atoms with Crippen LogP contribution in [0.2, 0.25) is 0 Å². The molecule has 0 fully saturated rings. The van der Waals surface area contributed by atoms with Gasteiger partial charge in [-0.1, -0.05) is 0 Å². The van der Waals surface area contributed by atoms with Crippen molar-refractivity contribution in [3.05, 3.63) is 30.1 Å². The Bertz CT molecular complexity index is 351. The van der Waals surface area contributed by atoms with Crippen LogP contribution in [0.1, 0.15) is 17.3 Å². The normalized spacial score (nSPS) is 11.9. The van der Waals surface area contributed by atoms with E-state index >= 15 is 0 Å². The molecule has 15 heavy (non-hydrogen) atoms. The first-order chi connectivity index (χ1) is 7.16. The molecule has 5 nitrogen and oxygen atoms in total. The zero-order valence-electron chi connectivity index (χ0n) is 8.34. The van der Waals surface area contributed by atoms with Crippen LogP contribution in [0.4, 0.5) is 0 Å². The molecule has 80 valence electrons. The Morgan fingerprint density at radius 3 is 2.87 bits per heavy atom. The molecule has 0 radical (unpaired) electrons. The molecule has 1 aromatic rings. The highest BCUT2D eigenvalue weighted by atomic mass is 16.5. The number of esters is 1. The number of Topliss-reactive ketones (excluding diaryl/α,β-unsaturated/α-hetero) is 1.